The fraction of sp³-hybridized carbons (Fsp3) is 0.706. The number of nitrogens with one attached hydrogen (secondary N) is 3. The number of carbonyl (C=O) groups excluding carboxylic acids is 3. The minimum atomic E-state index is -4.94. The van der Waals surface area contributed by atoms with Crippen molar-refractivity contribution in [1.29, 1.82) is 0 Å². The number of allylic oxidation sites excluding steroid dienone is 1. The summed E-state index contributed by atoms with van der Waals surface area (Å²) >= 11 is 0. The van der Waals surface area contributed by atoms with Crippen molar-refractivity contribution in [2.75, 3.05) is 26.2 Å². The van der Waals surface area contributed by atoms with Crippen molar-refractivity contribution in [2.24, 2.45) is 0 Å². The summed E-state index contributed by atoms with van der Waals surface area (Å²) in [6, 6.07) is 0. The number of halogens is 3. The summed E-state index contributed by atoms with van der Waals surface area (Å²) < 4.78 is 41.4. The van der Waals surface area contributed by atoms with Crippen molar-refractivity contribution in [3.63, 3.8) is 0 Å². The number of hydrogen-bond acceptors (Lipinski definition) is 4. The van der Waals surface area contributed by atoms with Crippen molar-refractivity contribution in [2.45, 2.75) is 50.8 Å². The Morgan fingerprint density at radius 2 is 1.67 bits per heavy atom. The van der Waals surface area contributed by atoms with E-state index in [4.69, 9.17) is 4.74 Å². The highest BCUT2D eigenvalue weighted by Crippen LogP contribution is 2.14. The summed E-state index contributed by atoms with van der Waals surface area (Å²) in [6.07, 6.45) is 4.24. The van der Waals surface area contributed by atoms with Gasteiger partial charge in [-0.3, -0.25) is 14.4 Å². The molecule has 0 aromatic carbocycles. The van der Waals surface area contributed by atoms with Gasteiger partial charge in [0.25, 0.3) is 0 Å². The largest absolute Gasteiger partial charge is 0.471 e. The molecular weight excluding hydrogens is 367 g/mol. The lowest BCUT2D eigenvalue weighted by molar-refractivity contribution is -0.173. The number of amides is 3. The maximum Gasteiger partial charge on any atom is 0.471 e. The van der Waals surface area contributed by atoms with Crippen LogP contribution in [0.4, 0.5) is 13.2 Å². The monoisotopic (exact) mass is 393 g/mol. The SMILES string of the molecule is O=C(CCNC(=O)COC1/C=C\CCCCC1)NCCNC(=O)C(F)(F)F. The average molecular weight is 393 g/mol. The Balaban J connectivity index is 2.06. The molecule has 0 aromatic heterocycles. The zero-order valence-corrected chi connectivity index (χ0v) is 15.1. The lowest BCUT2D eigenvalue weighted by Crippen LogP contribution is -2.41. The molecule has 27 heavy (non-hydrogen) atoms. The van der Waals surface area contributed by atoms with E-state index in [1.165, 1.54) is 6.42 Å². The molecule has 1 aliphatic rings. The number of alkyl halides is 3. The second-order valence-electron chi connectivity index (χ2n) is 6.12. The van der Waals surface area contributed by atoms with Crippen molar-refractivity contribution < 1.29 is 32.3 Å². The molecule has 0 bridgehead atoms. The number of hydrogen-bond donors (Lipinski definition) is 3. The van der Waals surface area contributed by atoms with Gasteiger partial charge in [-0.05, 0) is 19.3 Å². The molecule has 3 amide bonds. The molecule has 0 fully saturated rings. The summed E-state index contributed by atoms with van der Waals surface area (Å²) in [5, 5.41) is 6.53. The first kappa shape index (κ1) is 22.9. The van der Waals surface area contributed by atoms with Crippen LogP contribution >= 0.6 is 0 Å². The first-order valence-corrected chi connectivity index (χ1v) is 8.95. The Kier molecular flexibility index (Phi) is 10.5. The first-order valence-electron chi connectivity index (χ1n) is 8.95. The number of carbonyl (C=O) groups is 3. The van der Waals surface area contributed by atoms with Crippen LogP contribution in [0.15, 0.2) is 12.2 Å². The molecule has 1 atom stereocenters. The molecule has 0 saturated carbocycles. The molecule has 1 unspecified atom stereocenters. The van der Waals surface area contributed by atoms with Gasteiger partial charge in [0.1, 0.15) is 6.61 Å². The predicted molar refractivity (Wildman–Crippen MR) is 91.7 cm³/mol. The van der Waals surface area contributed by atoms with Crippen molar-refractivity contribution in [3.05, 3.63) is 12.2 Å². The molecule has 1 aliphatic carbocycles. The standard InChI is InChI=1S/C17H26F3N3O4/c18-17(19,20)16(26)23-11-10-22-14(24)8-9-21-15(25)12-27-13-6-4-2-1-3-5-7-13/h4,6,13H,1-3,5,7-12H2,(H,21,25)(H,22,24)(H,23,26)/b6-4-. The zero-order chi connectivity index (χ0) is 20.1. The van der Waals surface area contributed by atoms with E-state index >= 15 is 0 Å². The molecule has 0 radical (unpaired) electrons. The highest BCUT2D eigenvalue weighted by atomic mass is 19.4. The Hall–Kier alpha value is -2.10. The Morgan fingerprint density at radius 1 is 0.963 bits per heavy atom. The van der Waals surface area contributed by atoms with Gasteiger partial charge in [0.2, 0.25) is 11.8 Å². The van der Waals surface area contributed by atoms with Crippen LogP contribution in [-0.2, 0) is 19.1 Å². The summed E-state index contributed by atoms with van der Waals surface area (Å²) in [7, 11) is 0. The molecule has 0 aromatic rings. The van der Waals surface area contributed by atoms with Crippen LogP contribution < -0.4 is 16.0 Å². The number of rotatable bonds is 9. The molecule has 7 nitrogen and oxygen atoms in total. The van der Waals surface area contributed by atoms with Gasteiger partial charge in [0, 0.05) is 26.1 Å². The lowest BCUT2D eigenvalue weighted by atomic mass is 10.0. The Bertz CT molecular complexity index is 524. The molecular formula is C17H26F3N3O4. The zero-order valence-electron chi connectivity index (χ0n) is 15.1. The van der Waals surface area contributed by atoms with Crippen LogP contribution in [0.1, 0.15) is 38.5 Å². The van der Waals surface area contributed by atoms with Crippen LogP contribution in [0.5, 0.6) is 0 Å². The maximum atomic E-state index is 11.9. The van der Waals surface area contributed by atoms with Crippen molar-refractivity contribution >= 4 is 17.7 Å². The minimum absolute atomic E-state index is 0.0255. The topological polar surface area (TPSA) is 96.5 Å². The molecule has 0 saturated heterocycles. The Morgan fingerprint density at radius 3 is 2.41 bits per heavy atom. The van der Waals surface area contributed by atoms with Gasteiger partial charge in [-0.2, -0.15) is 13.2 Å². The molecule has 3 N–H and O–H groups in total. The summed E-state index contributed by atoms with van der Waals surface area (Å²) in [5.74, 6) is -2.83. The fourth-order valence-electron chi connectivity index (χ4n) is 2.38. The smallest absolute Gasteiger partial charge is 0.364 e. The molecule has 0 spiro atoms. The lowest BCUT2D eigenvalue weighted by Gasteiger charge is -2.16. The predicted octanol–water partition coefficient (Wildman–Crippen LogP) is 1.19. The highest BCUT2D eigenvalue weighted by molar-refractivity contribution is 5.82. The van der Waals surface area contributed by atoms with E-state index in [0.717, 1.165) is 25.7 Å². The van der Waals surface area contributed by atoms with E-state index in [2.05, 4.69) is 16.7 Å². The minimum Gasteiger partial charge on any atom is -0.364 e. The summed E-state index contributed by atoms with van der Waals surface area (Å²) in [4.78, 5) is 33.8. The average Bonchev–Trinajstić information content (AvgIpc) is 2.56. The van der Waals surface area contributed by atoms with Crippen LogP contribution in [0.3, 0.4) is 0 Å². The third-order valence-electron chi connectivity index (χ3n) is 3.80. The second-order valence-corrected chi connectivity index (χ2v) is 6.12. The molecule has 0 aliphatic heterocycles. The van der Waals surface area contributed by atoms with Gasteiger partial charge in [0.05, 0.1) is 6.10 Å². The van der Waals surface area contributed by atoms with Crippen molar-refractivity contribution in [1.82, 2.24) is 16.0 Å². The van der Waals surface area contributed by atoms with Gasteiger partial charge in [-0.1, -0.05) is 25.0 Å². The van der Waals surface area contributed by atoms with Gasteiger partial charge in [-0.25, -0.2) is 0 Å². The van der Waals surface area contributed by atoms with E-state index in [1.54, 1.807) is 5.32 Å². The quantitative estimate of drug-likeness (QED) is 0.405. The first-order chi connectivity index (χ1) is 12.8. The fourth-order valence-corrected chi connectivity index (χ4v) is 2.38. The summed E-state index contributed by atoms with van der Waals surface area (Å²) in [5.41, 5.74) is 0. The molecule has 10 heteroatoms. The van der Waals surface area contributed by atoms with Crippen LogP contribution in [0, 0.1) is 0 Å². The van der Waals surface area contributed by atoms with Crippen LogP contribution in [0.25, 0.3) is 0 Å². The third-order valence-corrected chi connectivity index (χ3v) is 3.80. The molecule has 154 valence electrons. The summed E-state index contributed by atoms with van der Waals surface area (Å²) in [6.45, 7) is -0.478. The van der Waals surface area contributed by atoms with E-state index in [9.17, 15) is 27.6 Å². The third kappa shape index (κ3) is 11.3. The Labute approximate surface area is 156 Å². The normalized spacial score (nSPS) is 18.7. The molecule has 1 rings (SSSR count). The second kappa shape index (κ2) is 12.3. The highest BCUT2D eigenvalue weighted by Gasteiger charge is 2.38. The van der Waals surface area contributed by atoms with Gasteiger partial charge >= 0.3 is 12.1 Å². The van der Waals surface area contributed by atoms with Gasteiger partial charge < -0.3 is 20.7 Å². The van der Waals surface area contributed by atoms with Gasteiger partial charge in [-0.15, -0.1) is 0 Å². The van der Waals surface area contributed by atoms with E-state index in [-0.39, 0.29) is 44.7 Å². The van der Waals surface area contributed by atoms with Crippen LogP contribution in [0.2, 0.25) is 0 Å². The van der Waals surface area contributed by atoms with E-state index < -0.39 is 18.0 Å². The van der Waals surface area contributed by atoms with E-state index in [0.29, 0.717) is 0 Å². The molecule has 0 heterocycles. The van der Waals surface area contributed by atoms with Crippen LogP contribution in [-0.4, -0.2) is 56.2 Å². The van der Waals surface area contributed by atoms with Gasteiger partial charge in [0.15, 0.2) is 0 Å². The van der Waals surface area contributed by atoms with Crippen molar-refractivity contribution in [3.8, 4) is 0 Å². The van der Waals surface area contributed by atoms with E-state index in [1.807, 2.05) is 6.08 Å². The number of ether oxygens (including phenoxy) is 1. The maximum absolute atomic E-state index is 11.9.